The molecular formula is C26H34FN3O6S. The fourth-order valence-corrected chi connectivity index (χ4v) is 4.79. The molecule has 1 aliphatic rings. The van der Waals surface area contributed by atoms with Crippen LogP contribution in [0.2, 0.25) is 0 Å². The van der Waals surface area contributed by atoms with Crippen LogP contribution in [0.1, 0.15) is 39.2 Å². The summed E-state index contributed by atoms with van der Waals surface area (Å²) in [7, 11) is -3.89. The van der Waals surface area contributed by atoms with Gasteiger partial charge in [0.25, 0.3) is 0 Å². The Bertz CT molecular complexity index is 1210. The minimum absolute atomic E-state index is 0.00425. The van der Waals surface area contributed by atoms with Crippen LogP contribution in [0, 0.1) is 5.82 Å². The molecule has 9 nitrogen and oxygen atoms in total. The molecule has 0 fully saturated rings. The summed E-state index contributed by atoms with van der Waals surface area (Å²) in [5, 5.41) is 2.91. The van der Waals surface area contributed by atoms with Crippen LogP contribution in [0.15, 0.2) is 42.5 Å². The zero-order chi connectivity index (χ0) is 27.2. The second-order valence-electron chi connectivity index (χ2n) is 8.99. The molecule has 0 saturated carbocycles. The molecule has 0 aliphatic carbocycles. The highest BCUT2D eigenvalue weighted by molar-refractivity contribution is 7.92. The zero-order valence-electron chi connectivity index (χ0n) is 21.6. The molecule has 0 saturated heterocycles. The number of sulfonamides is 1. The molecule has 37 heavy (non-hydrogen) atoms. The molecule has 0 spiro atoms. The highest BCUT2D eigenvalue weighted by Gasteiger charge is 2.32. The van der Waals surface area contributed by atoms with E-state index in [2.05, 4.69) is 5.32 Å². The number of hydrogen-bond donors (Lipinski definition) is 1. The summed E-state index contributed by atoms with van der Waals surface area (Å²) >= 11 is 0. The number of nitrogens with one attached hydrogen (secondary N) is 1. The minimum Gasteiger partial charge on any atom is -0.486 e. The number of halogens is 1. The third-order valence-electron chi connectivity index (χ3n) is 6.15. The van der Waals surface area contributed by atoms with Crippen LogP contribution < -0.4 is 19.1 Å². The number of hydrogen-bond acceptors (Lipinski definition) is 6. The van der Waals surface area contributed by atoms with Gasteiger partial charge >= 0.3 is 0 Å². The smallest absolute Gasteiger partial charge is 0.244 e. The summed E-state index contributed by atoms with van der Waals surface area (Å²) < 4.78 is 51.1. The van der Waals surface area contributed by atoms with E-state index in [9.17, 15) is 22.4 Å². The predicted octanol–water partition coefficient (Wildman–Crippen LogP) is 3.09. The summed E-state index contributed by atoms with van der Waals surface area (Å²) in [6.07, 6.45) is 2.02. The molecule has 3 rings (SSSR count). The molecule has 2 amide bonds. The second kappa shape index (κ2) is 12.3. The maximum atomic E-state index is 13.7. The first-order chi connectivity index (χ1) is 17.5. The topological polar surface area (TPSA) is 105 Å². The van der Waals surface area contributed by atoms with E-state index in [0.717, 1.165) is 10.6 Å². The number of carbonyl (C=O) groups is 2. The van der Waals surface area contributed by atoms with Gasteiger partial charge in [-0.1, -0.05) is 26.0 Å². The molecule has 202 valence electrons. The lowest BCUT2D eigenvalue weighted by atomic mass is 10.1. The maximum absolute atomic E-state index is 13.7. The summed E-state index contributed by atoms with van der Waals surface area (Å²) in [6, 6.07) is 9.30. The Morgan fingerprint density at radius 1 is 1.03 bits per heavy atom. The Morgan fingerprint density at radius 2 is 1.68 bits per heavy atom. The average molecular weight is 536 g/mol. The number of amides is 2. The van der Waals surface area contributed by atoms with Gasteiger partial charge in [-0.3, -0.25) is 13.9 Å². The van der Waals surface area contributed by atoms with Crippen LogP contribution in [0.3, 0.4) is 0 Å². The lowest BCUT2D eigenvalue weighted by Crippen LogP contribution is -2.53. The molecular weight excluding hydrogens is 501 g/mol. The van der Waals surface area contributed by atoms with E-state index in [-0.39, 0.29) is 24.2 Å². The molecule has 0 bridgehead atoms. The van der Waals surface area contributed by atoms with E-state index in [1.807, 2.05) is 13.8 Å². The lowest BCUT2D eigenvalue weighted by molar-refractivity contribution is -0.140. The van der Waals surface area contributed by atoms with Gasteiger partial charge in [-0.25, -0.2) is 12.8 Å². The number of anilines is 1. The van der Waals surface area contributed by atoms with Crippen LogP contribution in [0.4, 0.5) is 10.1 Å². The number of ether oxygens (including phenoxy) is 2. The van der Waals surface area contributed by atoms with E-state index in [0.29, 0.717) is 43.1 Å². The quantitative estimate of drug-likeness (QED) is 0.474. The summed E-state index contributed by atoms with van der Waals surface area (Å²) in [4.78, 5) is 28.2. The van der Waals surface area contributed by atoms with Crippen LogP contribution in [0.5, 0.6) is 11.5 Å². The highest BCUT2D eigenvalue weighted by Crippen LogP contribution is 2.34. The van der Waals surface area contributed by atoms with Gasteiger partial charge in [0.15, 0.2) is 11.5 Å². The standard InChI is InChI=1S/C26H34FN3O6S/c1-5-18(3)28-26(32)22(6-2)29(16-19-7-9-20(27)10-8-19)25(31)17-30(37(4,33)34)21-11-12-23-24(15-21)36-14-13-35-23/h7-12,15,18,22H,5-6,13-14,16-17H2,1-4H3,(H,28,32). The van der Waals surface area contributed by atoms with Crippen molar-refractivity contribution in [3.63, 3.8) is 0 Å². The number of benzene rings is 2. The first-order valence-corrected chi connectivity index (χ1v) is 14.1. The van der Waals surface area contributed by atoms with Gasteiger partial charge in [-0.05, 0) is 49.6 Å². The average Bonchev–Trinajstić information content (AvgIpc) is 2.87. The predicted molar refractivity (Wildman–Crippen MR) is 139 cm³/mol. The molecule has 1 heterocycles. The number of carbonyl (C=O) groups excluding carboxylic acids is 2. The first-order valence-electron chi connectivity index (χ1n) is 12.2. The van der Waals surface area contributed by atoms with E-state index in [1.54, 1.807) is 19.1 Å². The zero-order valence-corrected chi connectivity index (χ0v) is 22.4. The monoisotopic (exact) mass is 535 g/mol. The molecule has 1 aliphatic heterocycles. The van der Waals surface area contributed by atoms with Crippen LogP contribution in [-0.4, -0.2) is 63.2 Å². The van der Waals surface area contributed by atoms with Gasteiger partial charge in [-0.2, -0.15) is 0 Å². The fraction of sp³-hybridized carbons (Fsp3) is 0.462. The Balaban J connectivity index is 1.94. The molecule has 0 radical (unpaired) electrons. The Labute approximate surface area is 217 Å². The van der Waals surface area contributed by atoms with Crippen molar-refractivity contribution in [3.05, 3.63) is 53.8 Å². The molecule has 0 aromatic heterocycles. The van der Waals surface area contributed by atoms with Crippen molar-refractivity contribution in [2.75, 3.05) is 30.3 Å². The van der Waals surface area contributed by atoms with Crippen LogP contribution in [0.25, 0.3) is 0 Å². The summed E-state index contributed by atoms with van der Waals surface area (Å²) in [6.45, 7) is 5.76. The first kappa shape index (κ1) is 28.2. The van der Waals surface area contributed by atoms with Gasteiger partial charge in [0.05, 0.1) is 11.9 Å². The Hall–Kier alpha value is -3.34. The fourth-order valence-electron chi connectivity index (χ4n) is 3.95. The van der Waals surface area contributed by atoms with Gasteiger partial charge in [-0.15, -0.1) is 0 Å². The lowest BCUT2D eigenvalue weighted by Gasteiger charge is -2.33. The van der Waals surface area contributed by atoms with Crippen molar-refractivity contribution in [2.24, 2.45) is 0 Å². The summed E-state index contributed by atoms with van der Waals surface area (Å²) in [5.41, 5.74) is 0.841. The van der Waals surface area contributed by atoms with E-state index in [1.165, 1.54) is 35.2 Å². The third-order valence-corrected chi connectivity index (χ3v) is 7.29. The van der Waals surface area contributed by atoms with Crippen molar-refractivity contribution in [1.82, 2.24) is 10.2 Å². The Kier molecular flexibility index (Phi) is 9.36. The third kappa shape index (κ3) is 7.34. The van der Waals surface area contributed by atoms with Gasteiger partial charge in [0, 0.05) is 18.7 Å². The van der Waals surface area contributed by atoms with Crippen LogP contribution in [-0.2, 0) is 26.2 Å². The minimum atomic E-state index is -3.89. The van der Waals surface area contributed by atoms with Crippen molar-refractivity contribution in [3.8, 4) is 11.5 Å². The number of nitrogens with zero attached hydrogens (tertiary/aromatic N) is 2. The van der Waals surface area contributed by atoms with E-state index in [4.69, 9.17) is 9.47 Å². The molecule has 1 N–H and O–H groups in total. The van der Waals surface area contributed by atoms with Gasteiger partial charge in [0.1, 0.15) is 31.6 Å². The second-order valence-corrected chi connectivity index (χ2v) is 10.9. The largest absolute Gasteiger partial charge is 0.486 e. The number of fused-ring (bicyclic) bond motifs is 1. The van der Waals surface area contributed by atoms with Gasteiger partial charge in [0.2, 0.25) is 21.8 Å². The van der Waals surface area contributed by atoms with Crippen LogP contribution >= 0.6 is 0 Å². The van der Waals surface area contributed by atoms with E-state index >= 15 is 0 Å². The van der Waals surface area contributed by atoms with Crippen molar-refractivity contribution in [2.45, 2.75) is 52.2 Å². The molecule has 2 aromatic rings. The van der Waals surface area contributed by atoms with Gasteiger partial charge < -0.3 is 19.7 Å². The normalized spacial score (nSPS) is 14.4. The number of rotatable bonds is 11. The summed E-state index contributed by atoms with van der Waals surface area (Å²) in [5.74, 6) is -0.466. The van der Waals surface area contributed by atoms with Crippen molar-refractivity contribution < 1.29 is 31.9 Å². The SMILES string of the molecule is CCC(C)NC(=O)C(CC)N(Cc1ccc(F)cc1)C(=O)CN(c1ccc2c(c1)OCCO2)S(C)(=O)=O. The van der Waals surface area contributed by atoms with Crippen molar-refractivity contribution >= 4 is 27.5 Å². The van der Waals surface area contributed by atoms with E-state index < -0.39 is 34.3 Å². The molecule has 2 aromatic carbocycles. The highest BCUT2D eigenvalue weighted by atomic mass is 32.2. The molecule has 2 unspecified atom stereocenters. The van der Waals surface area contributed by atoms with Crippen molar-refractivity contribution in [1.29, 1.82) is 0 Å². The molecule has 2 atom stereocenters. The maximum Gasteiger partial charge on any atom is 0.244 e. The Morgan fingerprint density at radius 3 is 2.27 bits per heavy atom. The molecule has 11 heteroatoms.